The summed E-state index contributed by atoms with van der Waals surface area (Å²) in [6.07, 6.45) is 1.60. The van der Waals surface area contributed by atoms with Gasteiger partial charge in [-0.2, -0.15) is 0 Å². The molecule has 0 aliphatic rings. The van der Waals surface area contributed by atoms with E-state index in [0.717, 1.165) is 5.56 Å². The molecule has 1 aromatic carbocycles. The Kier molecular flexibility index (Phi) is 4.60. The van der Waals surface area contributed by atoms with Crippen molar-refractivity contribution in [3.8, 4) is 0 Å². The fourth-order valence-electron chi connectivity index (χ4n) is 1.45. The highest BCUT2D eigenvalue weighted by Gasteiger charge is 1.99. The first-order chi connectivity index (χ1) is 9.52. The van der Waals surface area contributed by atoms with E-state index in [4.69, 9.17) is 23.8 Å². The Morgan fingerprint density at radius 2 is 2.15 bits per heavy atom. The molecule has 2 aromatic rings. The van der Waals surface area contributed by atoms with Crippen LogP contribution in [-0.4, -0.2) is 21.3 Å². The molecule has 1 aromatic heterocycles. The quantitative estimate of drug-likeness (QED) is 0.661. The normalized spacial score (nSPS) is 10.7. The second-order valence-electron chi connectivity index (χ2n) is 3.98. The average Bonchev–Trinajstić information content (AvgIpc) is 2.37. The molecule has 0 bridgehead atoms. The van der Waals surface area contributed by atoms with Crippen LogP contribution in [0.1, 0.15) is 11.3 Å². The number of aryl methyl sites for hydroxylation is 1. The standard InChI is InChI=1S/C13H11ClN4OS/c1-8-6-11(19)17-12(16-8)18-13(20)15-7-9-2-4-10(14)5-3-9/h2-7H,1H3,(H2,16,17,18,19,20). The summed E-state index contributed by atoms with van der Waals surface area (Å²) in [6, 6.07) is 8.56. The minimum atomic E-state index is -0.246. The van der Waals surface area contributed by atoms with E-state index >= 15 is 0 Å². The van der Waals surface area contributed by atoms with Crippen molar-refractivity contribution in [3.05, 3.63) is 57.0 Å². The van der Waals surface area contributed by atoms with Crippen LogP contribution in [0.2, 0.25) is 5.02 Å². The predicted octanol–water partition coefficient (Wildman–Crippen LogP) is 2.55. The van der Waals surface area contributed by atoms with Gasteiger partial charge in [-0.25, -0.2) is 9.98 Å². The first kappa shape index (κ1) is 14.4. The number of rotatable bonds is 2. The fourth-order valence-corrected chi connectivity index (χ4v) is 1.73. The molecule has 0 aliphatic carbocycles. The number of hydrogen-bond donors (Lipinski definition) is 2. The lowest BCUT2D eigenvalue weighted by Gasteiger charge is -2.02. The topological polar surface area (TPSA) is 70.1 Å². The van der Waals surface area contributed by atoms with E-state index in [-0.39, 0.29) is 16.6 Å². The molecule has 20 heavy (non-hydrogen) atoms. The predicted molar refractivity (Wildman–Crippen MR) is 84.9 cm³/mol. The van der Waals surface area contributed by atoms with Gasteiger partial charge in [0.15, 0.2) is 5.11 Å². The van der Waals surface area contributed by atoms with Crippen LogP contribution in [0, 0.1) is 6.92 Å². The summed E-state index contributed by atoms with van der Waals surface area (Å²) in [5, 5.41) is 3.61. The van der Waals surface area contributed by atoms with Crippen molar-refractivity contribution in [1.82, 2.24) is 9.97 Å². The second kappa shape index (κ2) is 6.40. The minimum absolute atomic E-state index is 0.203. The molecule has 0 radical (unpaired) electrons. The van der Waals surface area contributed by atoms with Crippen LogP contribution >= 0.6 is 23.8 Å². The van der Waals surface area contributed by atoms with Gasteiger partial charge in [0.2, 0.25) is 5.95 Å². The van der Waals surface area contributed by atoms with Gasteiger partial charge >= 0.3 is 0 Å². The average molecular weight is 307 g/mol. The zero-order valence-electron chi connectivity index (χ0n) is 10.6. The van der Waals surface area contributed by atoms with Crippen LogP contribution < -0.4 is 10.9 Å². The molecule has 0 aliphatic heterocycles. The molecule has 7 heteroatoms. The highest BCUT2D eigenvalue weighted by molar-refractivity contribution is 7.80. The van der Waals surface area contributed by atoms with Crippen LogP contribution in [0.3, 0.4) is 0 Å². The molecule has 0 spiro atoms. The number of thiocarbonyl (C=S) groups is 1. The van der Waals surface area contributed by atoms with Crippen LogP contribution in [0.15, 0.2) is 40.1 Å². The van der Waals surface area contributed by atoms with E-state index in [1.54, 1.807) is 25.3 Å². The lowest BCUT2D eigenvalue weighted by molar-refractivity contribution is 1.08. The van der Waals surface area contributed by atoms with Gasteiger partial charge in [-0.15, -0.1) is 0 Å². The fraction of sp³-hybridized carbons (Fsp3) is 0.0769. The molecule has 0 atom stereocenters. The van der Waals surface area contributed by atoms with Gasteiger partial charge in [-0.05, 0) is 36.8 Å². The van der Waals surface area contributed by atoms with Crippen LogP contribution in [0.5, 0.6) is 0 Å². The van der Waals surface area contributed by atoms with Crippen LogP contribution in [0.25, 0.3) is 0 Å². The summed E-state index contributed by atoms with van der Waals surface area (Å²) in [5.74, 6) is 0.272. The molecule has 0 saturated heterocycles. The zero-order valence-corrected chi connectivity index (χ0v) is 12.1. The SMILES string of the molecule is Cc1cc(=O)[nH]c(NC(=S)N=Cc2ccc(Cl)cc2)n1. The highest BCUT2D eigenvalue weighted by Crippen LogP contribution is 2.08. The monoisotopic (exact) mass is 306 g/mol. The molecule has 0 amide bonds. The number of anilines is 1. The van der Waals surface area contributed by atoms with E-state index < -0.39 is 0 Å². The number of aromatic amines is 1. The van der Waals surface area contributed by atoms with Crippen molar-refractivity contribution in [2.75, 3.05) is 5.32 Å². The molecule has 2 N–H and O–H groups in total. The maximum Gasteiger partial charge on any atom is 0.252 e. The number of benzene rings is 1. The van der Waals surface area contributed by atoms with Gasteiger partial charge in [0, 0.05) is 23.0 Å². The maximum absolute atomic E-state index is 11.3. The summed E-state index contributed by atoms with van der Waals surface area (Å²) in [6.45, 7) is 1.72. The highest BCUT2D eigenvalue weighted by atomic mass is 35.5. The minimum Gasteiger partial charge on any atom is -0.301 e. The Labute approximate surface area is 125 Å². The van der Waals surface area contributed by atoms with Gasteiger partial charge in [0.25, 0.3) is 5.56 Å². The Bertz CT molecular complexity index is 709. The third kappa shape index (κ3) is 4.25. The summed E-state index contributed by atoms with van der Waals surface area (Å²) in [4.78, 5) is 22.0. The molecular weight excluding hydrogens is 296 g/mol. The second-order valence-corrected chi connectivity index (χ2v) is 4.80. The van der Waals surface area contributed by atoms with Crippen molar-refractivity contribution in [2.24, 2.45) is 4.99 Å². The molecule has 5 nitrogen and oxygen atoms in total. The number of nitrogens with one attached hydrogen (secondary N) is 2. The van der Waals surface area contributed by atoms with Gasteiger partial charge < -0.3 is 5.32 Å². The Morgan fingerprint density at radius 1 is 1.45 bits per heavy atom. The number of hydrogen-bond acceptors (Lipinski definition) is 3. The van der Waals surface area contributed by atoms with Crippen molar-refractivity contribution in [2.45, 2.75) is 6.92 Å². The zero-order chi connectivity index (χ0) is 14.5. The van der Waals surface area contributed by atoms with Gasteiger partial charge in [0.1, 0.15) is 0 Å². The maximum atomic E-state index is 11.3. The van der Waals surface area contributed by atoms with Gasteiger partial charge in [0.05, 0.1) is 0 Å². The van der Waals surface area contributed by atoms with Crippen molar-refractivity contribution < 1.29 is 0 Å². The van der Waals surface area contributed by atoms with Crippen LogP contribution in [-0.2, 0) is 0 Å². The van der Waals surface area contributed by atoms with Crippen molar-refractivity contribution in [1.29, 1.82) is 0 Å². The third-order valence-electron chi connectivity index (χ3n) is 2.30. The van der Waals surface area contributed by atoms with Crippen LogP contribution in [0.4, 0.5) is 5.95 Å². The smallest absolute Gasteiger partial charge is 0.252 e. The van der Waals surface area contributed by atoms with E-state index in [1.807, 2.05) is 12.1 Å². The van der Waals surface area contributed by atoms with Gasteiger partial charge in [-0.3, -0.25) is 9.78 Å². The third-order valence-corrected chi connectivity index (χ3v) is 2.76. The van der Waals surface area contributed by atoms with E-state index in [2.05, 4.69) is 20.3 Å². The summed E-state index contributed by atoms with van der Waals surface area (Å²) >= 11 is 10.8. The molecule has 1 heterocycles. The molecule has 0 saturated carbocycles. The van der Waals surface area contributed by atoms with Crippen molar-refractivity contribution in [3.63, 3.8) is 0 Å². The number of aliphatic imine (C=N–C) groups is 1. The molecule has 0 fully saturated rings. The Hall–Kier alpha value is -2.05. The Morgan fingerprint density at radius 3 is 2.80 bits per heavy atom. The Balaban J connectivity index is 2.05. The lowest BCUT2D eigenvalue weighted by Crippen LogP contribution is -2.15. The number of aromatic nitrogens is 2. The lowest BCUT2D eigenvalue weighted by atomic mass is 10.2. The summed E-state index contributed by atoms with van der Waals surface area (Å²) < 4.78 is 0. The number of halogens is 1. The number of H-pyrrole nitrogens is 1. The molecule has 2 rings (SSSR count). The largest absolute Gasteiger partial charge is 0.301 e. The first-order valence-electron chi connectivity index (χ1n) is 5.71. The van der Waals surface area contributed by atoms with E-state index in [9.17, 15) is 4.79 Å². The van der Waals surface area contributed by atoms with E-state index in [1.165, 1.54) is 6.07 Å². The van der Waals surface area contributed by atoms with Crippen molar-refractivity contribution >= 4 is 41.1 Å². The summed E-state index contributed by atoms with van der Waals surface area (Å²) in [5.41, 5.74) is 1.22. The van der Waals surface area contributed by atoms with E-state index in [0.29, 0.717) is 10.7 Å². The first-order valence-corrected chi connectivity index (χ1v) is 6.50. The number of nitrogens with zero attached hydrogens (tertiary/aromatic N) is 2. The molecular formula is C13H11ClN4OS. The van der Waals surface area contributed by atoms with Gasteiger partial charge in [-0.1, -0.05) is 23.7 Å². The molecule has 0 unspecified atom stereocenters. The molecule has 102 valence electrons. The summed E-state index contributed by atoms with van der Waals surface area (Å²) in [7, 11) is 0.